The molecule has 0 saturated carbocycles. The average Bonchev–Trinajstić information content (AvgIpc) is 3.32. The van der Waals surface area contributed by atoms with E-state index < -0.39 is 0 Å². The number of rotatable bonds is 4. The number of hydrogen-bond acceptors (Lipinski definition) is 5. The molecule has 0 radical (unpaired) electrons. The molecule has 4 aromatic rings. The van der Waals surface area contributed by atoms with Gasteiger partial charge in [0.15, 0.2) is 0 Å². The van der Waals surface area contributed by atoms with Gasteiger partial charge in [0.05, 0.1) is 34.2 Å². The van der Waals surface area contributed by atoms with Crippen LogP contribution in [0.1, 0.15) is 18.3 Å². The Labute approximate surface area is 148 Å². The number of hydrogen-bond donors (Lipinski definition) is 1. The van der Waals surface area contributed by atoms with Gasteiger partial charge in [0, 0.05) is 29.9 Å². The van der Waals surface area contributed by atoms with E-state index in [1.165, 1.54) is 11.3 Å². The number of aryl methyl sites for hydroxylation is 1. The first-order valence-corrected chi connectivity index (χ1v) is 8.82. The fourth-order valence-corrected chi connectivity index (χ4v) is 3.67. The summed E-state index contributed by atoms with van der Waals surface area (Å²) in [5.41, 5.74) is 9.37. The molecule has 7 heteroatoms. The van der Waals surface area contributed by atoms with Crippen molar-refractivity contribution in [3.63, 3.8) is 0 Å². The predicted molar refractivity (Wildman–Crippen MR) is 99.2 cm³/mol. The Morgan fingerprint density at radius 2 is 2.20 bits per heavy atom. The normalized spacial score (nSPS) is 11.0. The van der Waals surface area contributed by atoms with E-state index in [2.05, 4.69) is 27.1 Å². The smallest absolute Gasteiger partial charge is 0.141 e. The zero-order valence-corrected chi connectivity index (χ0v) is 14.5. The highest BCUT2D eigenvalue weighted by Gasteiger charge is 2.14. The number of anilines is 1. The summed E-state index contributed by atoms with van der Waals surface area (Å²) in [5, 5.41) is 11.9. The molecular weight excluding hydrogens is 332 g/mol. The van der Waals surface area contributed by atoms with Gasteiger partial charge in [-0.1, -0.05) is 0 Å². The van der Waals surface area contributed by atoms with Gasteiger partial charge < -0.3 is 14.9 Å². The largest absolute Gasteiger partial charge is 0.391 e. The summed E-state index contributed by atoms with van der Waals surface area (Å²) in [4.78, 5) is 9.21. The molecule has 25 heavy (non-hydrogen) atoms. The maximum absolute atomic E-state index is 9.10. The van der Waals surface area contributed by atoms with Crippen molar-refractivity contribution in [3.8, 4) is 17.5 Å². The second-order valence-electron chi connectivity index (χ2n) is 5.70. The lowest BCUT2D eigenvalue weighted by Gasteiger charge is -2.09. The number of benzene rings is 1. The van der Waals surface area contributed by atoms with E-state index in [-0.39, 0.29) is 0 Å². The quantitative estimate of drug-likeness (QED) is 0.612. The lowest BCUT2D eigenvalue weighted by atomic mass is 10.2. The zero-order chi connectivity index (χ0) is 17.4. The Balaban J connectivity index is 1.77. The third-order valence-electron chi connectivity index (χ3n) is 4.18. The Bertz CT molecular complexity index is 1090. The molecule has 0 aliphatic heterocycles. The van der Waals surface area contributed by atoms with Crippen molar-refractivity contribution in [2.75, 3.05) is 5.73 Å². The third-order valence-corrected chi connectivity index (χ3v) is 4.94. The first-order chi connectivity index (χ1) is 12.2. The summed E-state index contributed by atoms with van der Waals surface area (Å²) < 4.78 is 4.24. The van der Waals surface area contributed by atoms with E-state index in [0.29, 0.717) is 12.1 Å². The molecule has 6 nitrogen and oxygen atoms in total. The molecule has 2 N–H and O–H groups in total. The van der Waals surface area contributed by atoms with Crippen LogP contribution < -0.4 is 5.73 Å². The number of imidazole rings is 2. The minimum atomic E-state index is 0.607. The van der Waals surface area contributed by atoms with E-state index >= 15 is 0 Å². The molecule has 124 valence electrons. The molecule has 0 atom stereocenters. The molecule has 0 aliphatic rings. The lowest BCUT2D eigenvalue weighted by molar-refractivity contribution is 0.667. The Kier molecular flexibility index (Phi) is 3.75. The number of thiophene rings is 1. The first-order valence-electron chi connectivity index (χ1n) is 7.94. The fourth-order valence-electron chi connectivity index (χ4n) is 3.04. The molecule has 0 fully saturated rings. The number of nitrogens with two attached hydrogens (primary N) is 1. The number of nitriles is 1. The van der Waals surface area contributed by atoms with E-state index in [1.807, 2.05) is 35.8 Å². The van der Waals surface area contributed by atoms with Crippen LogP contribution in [0, 0.1) is 11.3 Å². The first kappa shape index (κ1) is 15.4. The number of aromatic nitrogens is 4. The monoisotopic (exact) mass is 348 g/mol. The van der Waals surface area contributed by atoms with E-state index in [0.717, 1.165) is 39.8 Å². The van der Waals surface area contributed by atoms with Crippen molar-refractivity contribution in [3.05, 3.63) is 53.4 Å². The maximum Gasteiger partial charge on any atom is 0.141 e. The SMILES string of the molecule is CCn1c(Cn2ccnc2-c2csc(N)c2)nc2cc(C#N)ccc21. The van der Waals surface area contributed by atoms with Crippen LogP contribution in [-0.4, -0.2) is 19.1 Å². The lowest BCUT2D eigenvalue weighted by Crippen LogP contribution is -2.08. The van der Waals surface area contributed by atoms with Crippen molar-refractivity contribution < 1.29 is 0 Å². The van der Waals surface area contributed by atoms with Gasteiger partial charge in [-0.25, -0.2) is 9.97 Å². The van der Waals surface area contributed by atoms with Gasteiger partial charge in [-0.2, -0.15) is 5.26 Å². The number of nitrogens with zero attached hydrogens (tertiary/aromatic N) is 5. The molecule has 0 saturated heterocycles. The minimum absolute atomic E-state index is 0.607. The average molecular weight is 348 g/mol. The summed E-state index contributed by atoms with van der Waals surface area (Å²) in [7, 11) is 0. The van der Waals surface area contributed by atoms with Crippen LogP contribution in [-0.2, 0) is 13.1 Å². The van der Waals surface area contributed by atoms with Gasteiger partial charge >= 0.3 is 0 Å². The van der Waals surface area contributed by atoms with Crippen LogP contribution in [0.3, 0.4) is 0 Å². The van der Waals surface area contributed by atoms with Crippen LogP contribution in [0.2, 0.25) is 0 Å². The van der Waals surface area contributed by atoms with E-state index in [9.17, 15) is 0 Å². The number of nitrogen functional groups attached to an aromatic ring is 1. The van der Waals surface area contributed by atoms with Crippen molar-refractivity contribution in [1.29, 1.82) is 5.26 Å². The van der Waals surface area contributed by atoms with Crippen molar-refractivity contribution in [1.82, 2.24) is 19.1 Å². The second kappa shape index (κ2) is 6.07. The highest BCUT2D eigenvalue weighted by molar-refractivity contribution is 7.14. The van der Waals surface area contributed by atoms with Crippen molar-refractivity contribution in [2.45, 2.75) is 20.0 Å². The van der Waals surface area contributed by atoms with Crippen LogP contribution in [0.25, 0.3) is 22.4 Å². The topological polar surface area (TPSA) is 85.4 Å². The van der Waals surface area contributed by atoms with Gasteiger partial charge in [-0.05, 0) is 31.2 Å². The summed E-state index contributed by atoms with van der Waals surface area (Å²) >= 11 is 1.51. The number of fused-ring (bicyclic) bond motifs is 1. The van der Waals surface area contributed by atoms with Crippen LogP contribution in [0.5, 0.6) is 0 Å². The van der Waals surface area contributed by atoms with Crippen LogP contribution in [0.15, 0.2) is 42.0 Å². The van der Waals surface area contributed by atoms with E-state index in [4.69, 9.17) is 16.0 Å². The van der Waals surface area contributed by atoms with Gasteiger partial charge in [-0.3, -0.25) is 0 Å². The molecule has 3 heterocycles. The van der Waals surface area contributed by atoms with Crippen LogP contribution in [0.4, 0.5) is 5.00 Å². The molecule has 0 amide bonds. The molecule has 0 spiro atoms. The molecule has 0 unspecified atom stereocenters. The van der Waals surface area contributed by atoms with Crippen LogP contribution >= 0.6 is 11.3 Å². The molecule has 3 aromatic heterocycles. The Morgan fingerprint density at radius 3 is 2.92 bits per heavy atom. The fraction of sp³-hybridized carbons (Fsp3) is 0.167. The van der Waals surface area contributed by atoms with Crippen molar-refractivity contribution in [2.24, 2.45) is 0 Å². The molecule has 0 aliphatic carbocycles. The highest BCUT2D eigenvalue weighted by atomic mass is 32.1. The maximum atomic E-state index is 9.10. The highest BCUT2D eigenvalue weighted by Crippen LogP contribution is 2.27. The summed E-state index contributed by atoms with van der Waals surface area (Å²) in [5.74, 6) is 1.82. The summed E-state index contributed by atoms with van der Waals surface area (Å²) in [6.45, 7) is 3.51. The summed E-state index contributed by atoms with van der Waals surface area (Å²) in [6.07, 6.45) is 3.74. The van der Waals surface area contributed by atoms with Gasteiger partial charge in [0.2, 0.25) is 0 Å². The standard InChI is InChI=1S/C18H16N6S/c1-2-24-15-4-3-12(9-19)7-14(15)22-17(24)10-23-6-5-21-18(23)13-8-16(20)25-11-13/h3-8,11H,2,10,20H2,1H3. The van der Waals surface area contributed by atoms with Gasteiger partial charge in [-0.15, -0.1) is 11.3 Å². The molecule has 4 rings (SSSR count). The Morgan fingerprint density at radius 1 is 1.32 bits per heavy atom. The van der Waals surface area contributed by atoms with Gasteiger partial charge in [0.1, 0.15) is 11.6 Å². The zero-order valence-electron chi connectivity index (χ0n) is 13.7. The second-order valence-corrected chi connectivity index (χ2v) is 6.65. The molecular formula is C18H16N6S. The van der Waals surface area contributed by atoms with E-state index in [1.54, 1.807) is 6.20 Å². The summed E-state index contributed by atoms with van der Waals surface area (Å²) in [6, 6.07) is 9.73. The Hall–Kier alpha value is -3.11. The van der Waals surface area contributed by atoms with Gasteiger partial charge in [0.25, 0.3) is 0 Å². The minimum Gasteiger partial charge on any atom is -0.391 e. The third kappa shape index (κ3) is 2.66. The molecule has 1 aromatic carbocycles. The predicted octanol–water partition coefficient (Wildman–Crippen LogP) is 3.48. The molecule has 0 bridgehead atoms. The van der Waals surface area contributed by atoms with Crippen molar-refractivity contribution >= 4 is 27.4 Å².